The second-order valence-corrected chi connectivity index (χ2v) is 10.8. The Morgan fingerprint density at radius 1 is 0.935 bits per heavy atom. The molecule has 6 nitrogen and oxygen atoms in total. The molecule has 1 saturated heterocycles. The predicted octanol–water partition coefficient (Wildman–Crippen LogP) is 3.00. The van der Waals surface area contributed by atoms with Gasteiger partial charge in [0, 0.05) is 45.7 Å². The van der Waals surface area contributed by atoms with Gasteiger partial charge in [0.05, 0.1) is 4.90 Å². The zero-order valence-electron chi connectivity index (χ0n) is 18.7. The number of carbonyl (C=O) groups is 1. The zero-order valence-corrected chi connectivity index (χ0v) is 19.5. The highest BCUT2D eigenvalue weighted by atomic mass is 32.2. The first-order valence-corrected chi connectivity index (χ1v) is 12.3. The number of nitrogens with one attached hydrogen (secondary N) is 1. The summed E-state index contributed by atoms with van der Waals surface area (Å²) in [6.45, 7) is 10.2. The first-order valence-electron chi connectivity index (χ1n) is 10.8. The van der Waals surface area contributed by atoms with E-state index in [1.807, 2.05) is 35.2 Å². The van der Waals surface area contributed by atoms with Crippen LogP contribution in [0.25, 0.3) is 0 Å². The average molecular weight is 444 g/mol. The van der Waals surface area contributed by atoms with Crippen molar-refractivity contribution in [3.8, 4) is 0 Å². The molecule has 1 aliphatic heterocycles. The fraction of sp³-hybridized carbons (Fsp3) is 0.458. The van der Waals surface area contributed by atoms with Crippen LogP contribution in [0.15, 0.2) is 59.5 Å². The van der Waals surface area contributed by atoms with Crippen molar-refractivity contribution in [2.24, 2.45) is 0 Å². The maximum Gasteiger partial charge on any atom is 0.240 e. The molecule has 0 spiro atoms. The van der Waals surface area contributed by atoms with Gasteiger partial charge < -0.3 is 4.90 Å². The molecule has 3 rings (SSSR count). The predicted molar refractivity (Wildman–Crippen MR) is 123 cm³/mol. The lowest BCUT2D eigenvalue weighted by atomic mass is 9.87. The number of rotatable bonds is 7. The maximum atomic E-state index is 12.5. The van der Waals surface area contributed by atoms with Crippen molar-refractivity contribution in [1.82, 2.24) is 14.5 Å². The number of nitrogens with zero attached hydrogens (tertiary/aromatic N) is 2. The van der Waals surface area contributed by atoms with E-state index < -0.39 is 10.0 Å². The number of amides is 1. The first kappa shape index (κ1) is 23.4. The minimum Gasteiger partial charge on any atom is -0.340 e. The minimum absolute atomic E-state index is 0.00913. The average Bonchev–Trinajstić information content (AvgIpc) is 2.74. The Bertz CT molecular complexity index is 959. The van der Waals surface area contributed by atoms with Crippen LogP contribution in [0.1, 0.15) is 38.3 Å². The Hall–Kier alpha value is -2.22. The third kappa shape index (κ3) is 6.63. The van der Waals surface area contributed by atoms with Crippen LogP contribution in [0, 0.1) is 0 Å². The molecule has 1 aliphatic rings. The van der Waals surface area contributed by atoms with E-state index in [0.29, 0.717) is 13.1 Å². The van der Waals surface area contributed by atoms with Crippen molar-refractivity contribution >= 4 is 15.9 Å². The maximum absolute atomic E-state index is 12.5. The molecular weight excluding hydrogens is 410 g/mol. The molecule has 0 aromatic heterocycles. The number of piperazine rings is 1. The first-order chi connectivity index (χ1) is 14.6. The summed E-state index contributed by atoms with van der Waals surface area (Å²) in [5.74, 6) is -0.00913. The van der Waals surface area contributed by atoms with Crippen molar-refractivity contribution in [1.29, 1.82) is 0 Å². The van der Waals surface area contributed by atoms with Crippen LogP contribution in [0.2, 0.25) is 0 Å². The second-order valence-electron chi connectivity index (χ2n) is 9.06. The standard InChI is InChI=1S/C24H33N3O3S/c1-24(2,3)21-9-11-22(12-10-21)31(29,30)25-14-13-23(28)27-17-15-26(16-18-27)19-20-7-5-4-6-8-20/h4-12,25H,13-19H2,1-3H3. The number of benzene rings is 2. The molecule has 7 heteroatoms. The summed E-state index contributed by atoms with van der Waals surface area (Å²) < 4.78 is 27.6. The number of sulfonamides is 1. The van der Waals surface area contributed by atoms with Crippen LogP contribution in [-0.4, -0.2) is 56.8 Å². The van der Waals surface area contributed by atoms with Gasteiger partial charge >= 0.3 is 0 Å². The minimum atomic E-state index is -3.62. The van der Waals surface area contributed by atoms with Crippen molar-refractivity contribution in [3.05, 3.63) is 65.7 Å². The third-order valence-corrected chi connectivity index (χ3v) is 7.11. The van der Waals surface area contributed by atoms with Crippen molar-refractivity contribution in [2.45, 2.75) is 44.0 Å². The zero-order chi connectivity index (χ0) is 22.5. The molecule has 0 aliphatic carbocycles. The Morgan fingerprint density at radius 3 is 2.13 bits per heavy atom. The molecule has 1 N–H and O–H groups in total. The lowest BCUT2D eigenvalue weighted by Gasteiger charge is -2.34. The molecule has 168 valence electrons. The fourth-order valence-corrected chi connectivity index (χ4v) is 4.70. The summed E-state index contributed by atoms with van der Waals surface area (Å²) in [7, 11) is -3.62. The van der Waals surface area contributed by atoms with Gasteiger partial charge in [-0.25, -0.2) is 13.1 Å². The fourth-order valence-electron chi connectivity index (χ4n) is 3.66. The Morgan fingerprint density at radius 2 is 1.55 bits per heavy atom. The lowest BCUT2D eigenvalue weighted by Crippen LogP contribution is -2.48. The molecule has 2 aromatic rings. The molecule has 0 atom stereocenters. The molecule has 1 heterocycles. The van der Waals surface area contributed by atoms with E-state index in [4.69, 9.17) is 0 Å². The Labute approximate surface area is 186 Å². The van der Waals surface area contributed by atoms with Gasteiger partial charge in [-0.05, 0) is 28.7 Å². The van der Waals surface area contributed by atoms with Gasteiger partial charge in [-0.2, -0.15) is 0 Å². The van der Waals surface area contributed by atoms with Gasteiger partial charge in [0.15, 0.2) is 0 Å². The second kappa shape index (κ2) is 9.94. The summed E-state index contributed by atoms with van der Waals surface area (Å²) in [6, 6.07) is 17.2. The van der Waals surface area contributed by atoms with E-state index in [-0.39, 0.29) is 29.2 Å². The van der Waals surface area contributed by atoms with E-state index in [2.05, 4.69) is 42.5 Å². The molecule has 0 bridgehead atoms. The van der Waals surface area contributed by atoms with Crippen LogP contribution in [0.3, 0.4) is 0 Å². The normalized spacial score (nSPS) is 15.8. The summed E-state index contributed by atoms with van der Waals surface area (Å²) in [5, 5.41) is 0. The van der Waals surface area contributed by atoms with Gasteiger partial charge in [-0.3, -0.25) is 9.69 Å². The van der Waals surface area contributed by atoms with E-state index in [1.54, 1.807) is 12.1 Å². The van der Waals surface area contributed by atoms with Crippen molar-refractivity contribution < 1.29 is 13.2 Å². The summed E-state index contributed by atoms with van der Waals surface area (Å²) >= 11 is 0. The van der Waals surface area contributed by atoms with E-state index in [0.717, 1.165) is 25.2 Å². The van der Waals surface area contributed by atoms with Gasteiger partial charge in [0.1, 0.15) is 0 Å². The van der Waals surface area contributed by atoms with Crippen LogP contribution in [-0.2, 0) is 26.8 Å². The highest BCUT2D eigenvalue weighted by Crippen LogP contribution is 2.23. The lowest BCUT2D eigenvalue weighted by molar-refractivity contribution is -0.132. The number of hydrogen-bond acceptors (Lipinski definition) is 4. The molecule has 31 heavy (non-hydrogen) atoms. The van der Waals surface area contributed by atoms with Crippen LogP contribution in [0.5, 0.6) is 0 Å². The molecule has 1 amide bonds. The van der Waals surface area contributed by atoms with E-state index >= 15 is 0 Å². The monoisotopic (exact) mass is 443 g/mol. The van der Waals surface area contributed by atoms with Crippen LogP contribution >= 0.6 is 0 Å². The van der Waals surface area contributed by atoms with Gasteiger partial charge in [-0.15, -0.1) is 0 Å². The van der Waals surface area contributed by atoms with Crippen molar-refractivity contribution in [3.63, 3.8) is 0 Å². The van der Waals surface area contributed by atoms with Crippen molar-refractivity contribution in [2.75, 3.05) is 32.7 Å². The van der Waals surface area contributed by atoms with E-state index in [9.17, 15) is 13.2 Å². The highest BCUT2D eigenvalue weighted by molar-refractivity contribution is 7.89. The smallest absolute Gasteiger partial charge is 0.240 e. The third-order valence-electron chi connectivity index (χ3n) is 5.64. The molecule has 0 saturated carbocycles. The van der Waals surface area contributed by atoms with Crippen LogP contribution in [0.4, 0.5) is 0 Å². The summed E-state index contributed by atoms with van der Waals surface area (Å²) in [5.41, 5.74) is 2.31. The van der Waals surface area contributed by atoms with Crippen LogP contribution < -0.4 is 4.72 Å². The van der Waals surface area contributed by atoms with Gasteiger partial charge in [0.25, 0.3) is 0 Å². The van der Waals surface area contributed by atoms with Gasteiger partial charge in [0.2, 0.25) is 15.9 Å². The summed E-state index contributed by atoms with van der Waals surface area (Å²) in [6.07, 6.45) is 0.165. The Balaban J connectivity index is 1.43. The molecule has 0 radical (unpaired) electrons. The van der Waals surface area contributed by atoms with Gasteiger partial charge in [-0.1, -0.05) is 63.2 Å². The molecule has 2 aromatic carbocycles. The Kier molecular flexibility index (Phi) is 7.51. The number of carbonyl (C=O) groups excluding carboxylic acids is 1. The molecular formula is C24H33N3O3S. The topological polar surface area (TPSA) is 69.7 Å². The molecule has 0 unspecified atom stereocenters. The van der Waals surface area contributed by atoms with E-state index in [1.165, 1.54) is 5.56 Å². The summed E-state index contributed by atoms with van der Waals surface area (Å²) in [4.78, 5) is 16.9. The SMILES string of the molecule is CC(C)(C)c1ccc(S(=O)(=O)NCCC(=O)N2CCN(Cc3ccccc3)CC2)cc1. The quantitative estimate of drug-likeness (QED) is 0.714. The largest absolute Gasteiger partial charge is 0.340 e. The molecule has 1 fully saturated rings. The highest BCUT2D eigenvalue weighted by Gasteiger charge is 2.22. The number of hydrogen-bond donors (Lipinski definition) is 1.